The zero-order valence-corrected chi connectivity index (χ0v) is 12.1. The lowest BCUT2D eigenvalue weighted by Gasteiger charge is -2.09. The minimum Gasteiger partial charge on any atom is -0.476 e. The van der Waals surface area contributed by atoms with Gasteiger partial charge in [0.1, 0.15) is 0 Å². The molecule has 0 aromatic carbocycles. The van der Waals surface area contributed by atoms with Crippen LogP contribution >= 0.6 is 15.9 Å². The van der Waals surface area contributed by atoms with Crippen molar-refractivity contribution in [2.75, 3.05) is 0 Å². The molecule has 0 spiro atoms. The van der Waals surface area contributed by atoms with E-state index >= 15 is 0 Å². The van der Waals surface area contributed by atoms with Gasteiger partial charge in [-0.15, -0.1) is 5.10 Å². The van der Waals surface area contributed by atoms with Crippen LogP contribution in [0.15, 0.2) is 22.8 Å². The van der Waals surface area contributed by atoms with Crippen molar-refractivity contribution in [3.05, 3.63) is 39.9 Å². The number of nitrogens with zero attached hydrogens (tertiary/aromatic N) is 4. The van der Waals surface area contributed by atoms with Gasteiger partial charge in [-0.05, 0) is 34.0 Å². The summed E-state index contributed by atoms with van der Waals surface area (Å²) < 4.78 is 2.48. The van der Waals surface area contributed by atoms with Crippen molar-refractivity contribution in [1.29, 1.82) is 0 Å². The molecule has 2 aromatic rings. The molecule has 0 saturated heterocycles. The van der Waals surface area contributed by atoms with Crippen molar-refractivity contribution in [2.45, 2.75) is 26.3 Å². The molecule has 19 heavy (non-hydrogen) atoms. The molecule has 100 valence electrons. The van der Waals surface area contributed by atoms with Crippen LogP contribution in [0.4, 0.5) is 0 Å². The first kappa shape index (κ1) is 13.7. The topological polar surface area (TPSA) is 80.9 Å². The molecule has 2 rings (SSSR count). The maximum Gasteiger partial charge on any atom is 0.358 e. The van der Waals surface area contributed by atoms with Gasteiger partial charge in [-0.25, -0.2) is 9.48 Å². The Morgan fingerprint density at radius 3 is 2.74 bits per heavy atom. The predicted octanol–water partition coefficient (Wildman–Crippen LogP) is 2.31. The van der Waals surface area contributed by atoms with Gasteiger partial charge in [-0.2, -0.15) is 0 Å². The quantitative estimate of drug-likeness (QED) is 0.933. The molecule has 0 aliphatic heterocycles. The summed E-state index contributed by atoms with van der Waals surface area (Å²) in [5.74, 6) is -1.03. The Hall–Kier alpha value is -1.76. The fourth-order valence-electron chi connectivity index (χ4n) is 1.81. The Morgan fingerprint density at radius 2 is 2.21 bits per heavy atom. The molecule has 7 heteroatoms. The Morgan fingerprint density at radius 1 is 1.47 bits per heavy atom. The molecule has 0 saturated carbocycles. The maximum atomic E-state index is 11.1. The SMILES string of the molecule is CC(C)c1c(C(=O)O)nnn1Cc1ccc(Br)cn1. The lowest BCUT2D eigenvalue weighted by molar-refractivity contribution is 0.0688. The van der Waals surface area contributed by atoms with Gasteiger partial charge in [-0.1, -0.05) is 19.1 Å². The lowest BCUT2D eigenvalue weighted by Crippen LogP contribution is -2.11. The van der Waals surface area contributed by atoms with Crippen LogP contribution in [-0.4, -0.2) is 31.1 Å². The molecular formula is C12H13BrN4O2. The average Bonchev–Trinajstić information content (AvgIpc) is 2.76. The Labute approximate surface area is 118 Å². The number of pyridine rings is 1. The summed E-state index contributed by atoms with van der Waals surface area (Å²) in [6.07, 6.45) is 1.69. The molecule has 6 nitrogen and oxygen atoms in total. The average molecular weight is 325 g/mol. The number of halogens is 1. The molecule has 0 fully saturated rings. The molecule has 0 unspecified atom stereocenters. The molecule has 2 heterocycles. The highest BCUT2D eigenvalue weighted by atomic mass is 79.9. The van der Waals surface area contributed by atoms with Crippen LogP contribution in [0.1, 0.15) is 41.6 Å². The number of rotatable bonds is 4. The summed E-state index contributed by atoms with van der Waals surface area (Å²) in [6, 6.07) is 3.74. The van der Waals surface area contributed by atoms with Crippen molar-refractivity contribution < 1.29 is 9.90 Å². The van der Waals surface area contributed by atoms with E-state index in [0.29, 0.717) is 12.2 Å². The van der Waals surface area contributed by atoms with Crippen LogP contribution in [0.2, 0.25) is 0 Å². The fraction of sp³-hybridized carbons (Fsp3) is 0.333. The fourth-order valence-corrected chi connectivity index (χ4v) is 2.05. The van der Waals surface area contributed by atoms with Crippen LogP contribution < -0.4 is 0 Å². The highest BCUT2D eigenvalue weighted by Gasteiger charge is 2.21. The number of carboxylic acid groups (broad SMARTS) is 1. The summed E-state index contributed by atoms with van der Waals surface area (Å²) in [5.41, 5.74) is 1.41. The third-order valence-corrected chi connectivity index (χ3v) is 3.09. The first-order valence-corrected chi connectivity index (χ1v) is 6.55. The van der Waals surface area contributed by atoms with Crippen LogP contribution in [-0.2, 0) is 6.54 Å². The molecule has 2 aromatic heterocycles. The molecule has 1 N–H and O–H groups in total. The summed E-state index contributed by atoms with van der Waals surface area (Å²) in [5, 5.41) is 16.7. The van der Waals surface area contributed by atoms with Crippen molar-refractivity contribution in [3.8, 4) is 0 Å². The van der Waals surface area contributed by atoms with Crippen LogP contribution in [0.3, 0.4) is 0 Å². The van der Waals surface area contributed by atoms with Gasteiger partial charge in [0.15, 0.2) is 5.69 Å². The molecular weight excluding hydrogens is 312 g/mol. The molecule has 0 radical (unpaired) electrons. The van der Waals surface area contributed by atoms with Gasteiger partial charge in [0.2, 0.25) is 0 Å². The van der Waals surface area contributed by atoms with E-state index in [1.54, 1.807) is 10.9 Å². The summed E-state index contributed by atoms with van der Waals surface area (Å²) >= 11 is 3.32. The van der Waals surface area contributed by atoms with E-state index in [4.69, 9.17) is 5.11 Å². The van der Waals surface area contributed by atoms with Crippen molar-refractivity contribution in [3.63, 3.8) is 0 Å². The van der Waals surface area contributed by atoms with Crippen molar-refractivity contribution in [2.24, 2.45) is 0 Å². The summed E-state index contributed by atoms with van der Waals surface area (Å²) in [6.45, 7) is 4.23. The third-order valence-electron chi connectivity index (χ3n) is 2.62. The zero-order chi connectivity index (χ0) is 14.0. The monoisotopic (exact) mass is 324 g/mol. The van der Waals surface area contributed by atoms with Gasteiger partial charge in [0.05, 0.1) is 17.9 Å². The maximum absolute atomic E-state index is 11.1. The number of hydrogen-bond acceptors (Lipinski definition) is 4. The highest BCUT2D eigenvalue weighted by Crippen LogP contribution is 2.18. The Balaban J connectivity index is 2.35. The van der Waals surface area contributed by atoms with E-state index in [1.807, 2.05) is 26.0 Å². The van der Waals surface area contributed by atoms with E-state index in [-0.39, 0.29) is 11.6 Å². The second kappa shape index (κ2) is 5.48. The normalized spacial score (nSPS) is 10.9. The smallest absolute Gasteiger partial charge is 0.358 e. The number of aromatic nitrogens is 4. The van der Waals surface area contributed by atoms with Gasteiger partial charge in [0.25, 0.3) is 0 Å². The predicted molar refractivity (Wildman–Crippen MR) is 72.1 cm³/mol. The Kier molecular flexibility index (Phi) is 3.94. The molecule has 0 atom stereocenters. The molecule has 0 aliphatic carbocycles. The van der Waals surface area contributed by atoms with E-state index in [2.05, 4.69) is 31.2 Å². The van der Waals surface area contributed by atoms with Crippen LogP contribution in [0, 0.1) is 0 Å². The lowest BCUT2D eigenvalue weighted by atomic mass is 10.1. The Bertz CT molecular complexity index is 592. The first-order chi connectivity index (χ1) is 8.99. The van der Waals surface area contributed by atoms with Gasteiger partial charge < -0.3 is 5.11 Å². The minimum atomic E-state index is -1.06. The number of hydrogen-bond donors (Lipinski definition) is 1. The highest BCUT2D eigenvalue weighted by molar-refractivity contribution is 9.10. The minimum absolute atomic E-state index is 0.00658. The van der Waals surface area contributed by atoms with Crippen molar-refractivity contribution in [1.82, 2.24) is 20.0 Å². The van der Waals surface area contributed by atoms with E-state index < -0.39 is 5.97 Å². The summed E-state index contributed by atoms with van der Waals surface area (Å²) in [4.78, 5) is 15.3. The number of carboxylic acids is 1. The van der Waals surface area contributed by atoms with Crippen LogP contribution in [0.5, 0.6) is 0 Å². The molecule has 0 bridgehead atoms. The summed E-state index contributed by atoms with van der Waals surface area (Å²) in [7, 11) is 0. The van der Waals surface area contributed by atoms with Gasteiger partial charge in [0, 0.05) is 10.7 Å². The largest absolute Gasteiger partial charge is 0.476 e. The standard InChI is InChI=1S/C12H13BrN4O2/c1-7(2)11-10(12(18)19)15-16-17(11)6-9-4-3-8(13)5-14-9/h3-5,7H,6H2,1-2H3,(H,18,19). The van der Waals surface area contributed by atoms with Crippen molar-refractivity contribution >= 4 is 21.9 Å². The number of aromatic carboxylic acids is 1. The van der Waals surface area contributed by atoms with E-state index in [0.717, 1.165) is 10.2 Å². The molecule has 0 aliphatic rings. The van der Waals surface area contributed by atoms with Gasteiger partial charge in [-0.3, -0.25) is 4.98 Å². The third kappa shape index (κ3) is 2.98. The van der Waals surface area contributed by atoms with E-state index in [9.17, 15) is 4.79 Å². The molecule has 0 amide bonds. The second-order valence-corrected chi connectivity index (χ2v) is 5.32. The van der Waals surface area contributed by atoms with Gasteiger partial charge >= 0.3 is 5.97 Å². The van der Waals surface area contributed by atoms with Crippen LogP contribution in [0.25, 0.3) is 0 Å². The zero-order valence-electron chi connectivity index (χ0n) is 10.5. The number of carbonyl (C=O) groups is 1. The first-order valence-electron chi connectivity index (χ1n) is 5.76. The second-order valence-electron chi connectivity index (χ2n) is 4.41. The van der Waals surface area contributed by atoms with E-state index in [1.165, 1.54) is 0 Å².